The predicted molar refractivity (Wildman–Crippen MR) is 75.0 cm³/mol. The fourth-order valence-electron chi connectivity index (χ4n) is 2.06. The zero-order valence-electron chi connectivity index (χ0n) is 11.9. The van der Waals surface area contributed by atoms with Crippen molar-refractivity contribution in [3.8, 4) is 11.8 Å². The van der Waals surface area contributed by atoms with Gasteiger partial charge in [0.25, 0.3) is 0 Å². The molecule has 0 bridgehead atoms. The van der Waals surface area contributed by atoms with Crippen molar-refractivity contribution in [3.05, 3.63) is 29.3 Å². The summed E-state index contributed by atoms with van der Waals surface area (Å²) >= 11 is 0. The van der Waals surface area contributed by atoms with Crippen molar-refractivity contribution in [3.63, 3.8) is 0 Å². The third kappa shape index (κ3) is 3.77. The minimum Gasteiger partial charge on any atom is -0.494 e. The molecule has 0 amide bonds. The van der Waals surface area contributed by atoms with Crippen LogP contribution >= 0.6 is 0 Å². The summed E-state index contributed by atoms with van der Waals surface area (Å²) in [6.07, 6.45) is 1.54. The molecule has 1 aromatic carbocycles. The van der Waals surface area contributed by atoms with Gasteiger partial charge in [0.1, 0.15) is 5.75 Å². The molecule has 0 radical (unpaired) electrons. The molecule has 1 rings (SSSR count). The molecule has 1 aromatic rings. The van der Waals surface area contributed by atoms with Crippen molar-refractivity contribution < 1.29 is 4.74 Å². The Bertz CT molecular complexity index is 418. The normalized spacial score (nSPS) is 12.2. The van der Waals surface area contributed by atoms with Crippen LogP contribution in [0.25, 0.3) is 0 Å². The zero-order valence-corrected chi connectivity index (χ0v) is 11.9. The van der Waals surface area contributed by atoms with Gasteiger partial charge >= 0.3 is 0 Å². The fourth-order valence-corrected chi connectivity index (χ4v) is 2.06. The van der Waals surface area contributed by atoms with E-state index in [0.717, 1.165) is 12.2 Å². The molecule has 98 valence electrons. The highest BCUT2D eigenvalue weighted by atomic mass is 16.5. The Morgan fingerprint density at radius 1 is 1.28 bits per heavy atom. The summed E-state index contributed by atoms with van der Waals surface area (Å²) in [6, 6.07) is 8.64. The first kappa shape index (κ1) is 14.6. The Morgan fingerprint density at radius 3 is 2.56 bits per heavy atom. The van der Waals surface area contributed by atoms with Crippen molar-refractivity contribution in [1.82, 2.24) is 0 Å². The molecule has 0 aliphatic heterocycles. The highest BCUT2D eigenvalue weighted by molar-refractivity contribution is 5.40. The van der Waals surface area contributed by atoms with Crippen molar-refractivity contribution in [2.75, 3.05) is 6.61 Å². The van der Waals surface area contributed by atoms with E-state index in [1.54, 1.807) is 0 Å². The Labute approximate surface area is 111 Å². The summed E-state index contributed by atoms with van der Waals surface area (Å²) in [6.45, 7) is 9.25. The molecule has 0 saturated carbocycles. The summed E-state index contributed by atoms with van der Waals surface area (Å²) in [5.74, 6) is 1.87. The third-order valence-corrected chi connectivity index (χ3v) is 3.21. The lowest BCUT2D eigenvalue weighted by atomic mass is 9.91. The highest BCUT2D eigenvalue weighted by Gasteiger charge is 2.12. The van der Waals surface area contributed by atoms with Crippen molar-refractivity contribution >= 4 is 0 Å². The lowest BCUT2D eigenvalue weighted by Crippen LogP contribution is -2.01. The van der Waals surface area contributed by atoms with E-state index >= 15 is 0 Å². The molecule has 0 heterocycles. The van der Waals surface area contributed by atoms with Gasteiger partial charge in [-0.2, -0.15) is 5.26 Å². The van der Waals surface area contributed by atoms with Gasteiger partial charge in [0.15, 0.2) is 0 Å². The van der Waals surface area contributed by atoms with E-state index in [1.807, 2.05) is 6.92 Å². The minimum absolute atomic E-state index is 0.429. The predicted octanol–water partition coefficient (Wildman–Crippen LogP) is 4.62. The van der Waals surface area contributed by atoms with Crippen LogP contribution in [0.3, 0.4) is 0 Å². The molecule has 0 aromatic heterocycles. The van der Waals surface area contributed by atoms with Crippen LogP contribution in [0.1, 0.15) is 63.5 Å². The van der Waals surface area contributed by atoms with Crippen molar-refractivity contribution in [1.29, 1.82) is 5.26 Å². The molecule has 2 heteroatoms. The van der Waals surface area contributed by atoms with E-state index in [1.165, 1.54) is 11.1 Å². The molecule has 1 atom stereocenters. The van der Waals surface area contributed by atoms with Crippen molar-refractivity contribution in [2.45, 2.75) is 52.4 Å². The van der Waals surface area contributed by atoms with Crippen LogP contribution in [0.15, 0.2) is 18.2 Å². The van der Waals surface area contributed by atoms with Crippen molar-refractivity contribution in [2.24, 2.45) is 0 Å². The molecular weight excluding hydrogens is 222 g/mol. The maximum atomic E-state index is 8.65. The molecule has 0 N–H and O–H groups in total. The second-order valence-corrected chi connectivity index (χ2v) is 4.98. The van der Waals surface area contributed by atoms with Gasteiger partial charge in [-0.05, 0) is 42.4 Å². The van der Waals surface area contributed by atoms with Gasteiger partial charge in [-0.25, -0.2) is 0 Å². The number of hydrogen-bond acceptors (Lipinski definition) is 2. The smallest absolute Gasteiger partial charge is 0.122 e. The highest BCUT2D eigenvalue weighted by Crippen LogP contribution is 2.31. The topological polar surface area (TPSA) is 33.0 Å². The van der Waals surface area contributed by atoms with Gasteiger partial charge in [0.05, 0.1) is 12.7 Å². The quantitative estimate of drug-likeness (QED) is 0.732. The number of nitrogens with zero attached hydrogens (tertiary/aromatic N) is 1. The average Bonchev–Trinajstić information content (AvgIpc) is 2.36. The molecule has 0 saturated heterocycles. The van der Waals surface area contributed by atoms with Crippen LogP contribution in [0.5, 0.6) is 5.75 Å². The zero-order chi connectivity index (χ0) is 13.5. The molecule has 1 unspecified atom stereocenters. The fraction of sp³-hybridized carbons (Fsp3) is 0.562. The van der Waals surface area contributed by atoms with Crippen LogP contribution < -0.4 is 4.74 Å². The summed E-state index contributed by atoms with van der Waals surface area (Å²) in [5.41, 5.74) is 2.57. The van der Waals surface area contributed by atoms with E-state index in [4.69, 9.17) is 10.00 Å². The Kier molecular flexibility index (Phi) is 5.71. The van der Waals surface area contributed by atoms with Crippen LogP contribution in [-0.4, -0.2) is 6.61 Å². The van der Waals surface area contributed by atoms with Gasteiger partial charge in [0, 0.05) is 6.42 Å². The third-order valence-electron chi connectivity index (χ3n) is 3.21. The Morgan fingerprint density at radius 2 is 2.00 bits per heavy atom. The summed E-state index contributed by atoms with van der Waals surface area (Å²) in [4.78, 5) is 0. The van der Waals surface area contributed by atoms with Gasteiger partial charge in [0.2, 0.25) is 0 Å². The maximum Gasteiger partial charge on any atom is 0.122 e. The molecule has 0 aliphatic carbocycles. The van der Waals surface area contributed by atoms with E-state index < -0.39 is 0 Å². The van der Waals surface area contributed by atoms with E-state index in [0.29, 0.717) is 24.9 Å². The summed E-state index contributed by atoms with van der Waals surface area (Å²) in [5, 5.41) is 8.65. The first-order chi connectivity index (χ1) is 8.60. The minimum atomic E-state index is 0.429. The van der Waals surface area contributed by atoms with Crippen LogP contribution in [0.4, 0.5) is 0 Å². The van der Waals surface area contributed by atoms with Crippen LogP contribution in [0.2, 0.25) is 0 Å². The lowest BCUT2D eigenvalue weighted by molar-refractivity contribution is 0.335. The first-order valence-corrected chi connectivity index (χ1v) is 6.73. The molecule has 0 fully saturated rings. The summed E-state index contributed by atoms with van der Waals surface area (Å²) < 4.78 is 5.66. The monoisotopic (exact) mass is 245 g/mol. The molecule has 0 spiro atoms. The van der Waals surface area contributed by atoms with Crippen LogP contribution in [0, 0.1) is 11.3 Å². The second kappa shape index (κ2) is 7.06. The lowest BCUT2D eigenvalue weighted by Gasteiger charge is -2.17. The number of ether oxygens (including phenoxy) is 1. The number of hydrogen-bond donors (Lipinski definition) is 0. The maximum absolute atomic E-state index is 8.65. The van der Waals surface area contributed by atoms with Crippen LogP contribution in [-0.2, 0) is 0 Å². The second-order valence-electron chi connectivity index (χ2n) is 4.98. The van der Waals surface area contributed by atoms with E-state index in [-0.39, 0.29) is 0 Å². The standard InChI is InChI=1S/C16H23NO/c1-5-18-16-9-8-14(11-15(16)12(2)3)13(4)7-6-10-17/h8-9,11-13H,5-7H2,1-4H3. The molecule has 0 aliphatic rings. The van der Waals surface area contributed by atoms with Gasteiger partial charge in [-0.3, -0.25) is 0 Å². The molecular formula is C16H23NO. The van der Waals surface area contributed by atoms with Gasteiger partial charge in [-0.15, -0.1) is 0 Å². The summed E-state index contributed by atoms with van der Waals surface area (Å²) in [7, 11) is 0. The average molecular weight is 245 g/mol. The number of nitriles is 1. The Balaban J connectivity index is 2.96. The molecule has 18 heavy (non-hydrogen) atoms. The van der Waals surface area contributed by atoms with E-state index in [2.05, 4.69) is 45.0 Å². The number of rotatable bonds is 6. The van der Waals surface area contributed by atoms with Gasteiger partial charge in [-0.1, -0.05) is 32.9 Å². The Hall–Kier alpha value is -1.49. The number of benzene rings is 1. The largest absolute Gasteiger partial charge is 0.494 e. The first-order valence-electron chi connectivity index (χ1n) is 6.73. The van der Waals surface area contributed by atoms with E-state index in [9.17, 15) is 0 Å². The molecule has 2 nitrogen and oxygen atoms in total. The van der Waals surface area contributed by atoms with Gasteiger partial charge < -0.3 is 4.74 Å². The SMILES string of the molecule is CCOc1ccc(C(C)CCC#N)cc1C(C)C.